The monoisotopic (exact) mass is 277 g/mol. The summed E-state index contributed by atoms with van der Waals surface area (Å²) in [5, 5.41) is 0. The lowest BCUT2D eigenvalue weighted by Gasteiger charge is -2.21. The van der Waals surface area contributed by atoms with Gasteiger partial charge in [-0.05, 0) is 18.6 Å². The molecule has 2 aliphatic rings. The van der Waals surface area contributed by atoms with Gasteiger partial charge in [-0.15, -0.1) is 0 Å². The molecule has 2 aliphatic heterocycles. The normalized spacial score (nSPS) is 25.4. The molecule has 7 heteroatoms. The lowest BCUT2D eigenvalue weighted by atomic mass is 9.77. The van der Waals surface area contributed by atoms with Gasteiger partial charge in [0, 0.05) is 12.4 Å². The van der Waals surface area contributed by atoms with E-state index in [0.717, 1.165) is 16.8 Å². The summed E-state index contributed by atoms with van der Waals surface area (Å²) in [7, 11) is -0.537. The molecule has 6 nitrogen and oxygen atoms in total. The molecule has 3 atom stereocenters. The lowest BCUT2D eigenvalue weighted by molar-refractivity contribution is -0.151. The zero-order valence-corrected chi connectivity index (χ0v) is 11.4. The molecule has 3 unspecified atom stereocenters. The van der Waals surface area contributed by atoms with Crippen molar-refractivity contribution in [1.29, 1.82) is 0 Å². The van der Waals surface area contributed by atoms with Crippen molar-refractivity contribution in [1.82, 2.24) is 0 Å². The van der Waals surface area contributed by atoms with E-state index < -0.39 is 25.4 Å². The molecule has 0 aliphatic carbocycles. The quantitative estimate of drug-likeness (QED) is 0.469. The molecule has 0 fully saturated rings. The number of rotatable bonds is 2. The molecule has 20 heavy (non-hydrogen) atoms. The van der Waals surface area contributed by atoms with Crippen LogP contribution in [0.4, 0.5) is 0 Å². The number of benzene rings is 1. The Labute approximate surface area is 117 Å². The Hall–Kier alpha value is -1.57. The molecular weight excluding hydrogens is 261 g/mol. The van der Waals surface area contributed by atoms with Gasteiger partial charge in [-0.1, -0.05) is 12.1 Å². The van der Waals surface area contributed by atoms with E-state index in [2.05, 4.69) is 0 Å². The predicted octanol–water partition coefficient (Wildman–Crippen LogP) is 0.0985. The molecule has 0 saturated heterocycles. The largest absolute Gasteiger partial charge is 0.499 e. The number of carbonyl (C=O) groups excluding carboxylic acids is 1. The van der Waals surface area contributed by atoms with E-state index in [0.29, 0.717) is 6.61 Å². The van der Waals surface area contributed by atoms with Crippen LogP contribution in [-0.2, 0) is 18.8 Å². The summed E-state index contributed by atoms with van der Waals surface area (Å²) in [5.41, 5.74) is 7.57. The highest BCUT2D eigenvalue weighted by molar-refractivity contribution is 6.64. The summed E-state index contributed by atoms with van der Waals surface area (Å²) in [4.78, 5) is 11.0. The lowest BCUT2D eigenvalue weighted by Crippen LogP contribution is -2.36. The highest BCUT2D eigenvalue weighted by Crippen LogP contribution is 2.32. The second-order valence-electron chi connectivity index (χ2n) is 4.98. The number of carbonyl (C=O) groups is 1. The molecule has 1 aromatic rings. The summed E-state index contributed by atoms with van der Waals surface area (Å²) >= 11 is 0. The van der Waals surface area contributed by atoms with Crippen molar-refractivity contribution < 1.29 is 23.6 Å². The summed E-state index contributed by atoms with van der Waals surface area (Å²) in [6, 6.07) is 5.62. The fourth-order valence-corrected chi connectivity index (χ4v) is 2.53. The third kappa shape index (κ3) is 2.28. The molecule has 0 bridgehead atoms. The zero-order valence-electron chi connectivity index (χ0n) is 11.4. The van der Waals surface area contributed by atoms with Gasteiger partial charge in [0.25, 0.3) is 0 Å². The van der Waals surface area contributed by atoms with E-state index in [1.165, 1.54) is 6.92 Å². The van der Waals surface area contributed by atoms with Crippen LogP contribution in [0.2, 0.25) is 0 Å². The maximum Gasteiger partial charge on any atom is 0.499 e. The fraction of sp³-hybridized carbons (Fsp3) is 0.462. The maximum absolute atomic E-state index is 11.0. The number of nitrogens with two attached hydrogens (primary N) is 1. The first kappa shape index (κ1) is 13.4. The molecular formula is C13H16BNO5. The van der Waals surface area contributed by atoms with Crippen LogP contribution >= 0.6 is 0 Å². The molecule has 2 N–H and O–H groups in total. The summed E-state index contributed by atoms with van der Waals surface area (Å²) < 4.78 is 22.3. The van der Waals surface area contributed by atoms with E-state index >= 15 is 0 Å². The van der Waals surface area contributed by atoms with Crippen LogP contribution in [0, 0.1) is 0 Å². The number of ether oxygens (including phenoxy) is 2. The third-order valence-corrected chi connectivity index (χ3v) is 3.34. The Morgan fingerprint density at radius 3 is 3.05 bits per heavy atom. The van der Waals surface area contributed by atoms with Crippen molar-refractivity contribution >= 4 is 18.6 Å². The standard InChI is InChI=1S/C13H16BNO5/c1-7-6-17-10-5-3-4-9-11(10)14(19-7)20-12(9)13(15)18-8(2)16/h3-5,7,12-13H,6,15H2,1-2H3. The molecule has 0 aromatic heterocycles. The molecule has 3 rings (SSSR count). The van der Waals surface area contributed by atoms with Gasteiger partial charge in [0.15, 0.2) is 6.23 Å². The Bertz CT molecular complexity index is 537. The minimum atomic E-state index is -0.871. The van der Waals surface area contributed by atoms with Crippen LogP contribution in [0.25, 0.3) is 0 Å². The maximum atomic E-state index is 11.0. The molecule has 0 radical (unpaired) electrons. The Morgan fingerprint density at radius 1 is 1.50 bits per heavy atom. The van der Waals surface area contributed by atoms with Crippen LogP contribution < -0.4 is 15.9 Å². The minimum Gasteiger partial charge on any atom is -0.491 e. The highest BCUT2D eigenvalue weighted by Gasteiger charge is 2.45. The van der Waals surface area contributed by atoms with E-state index in [-0.39, 0.29) is 6.10 Å². The fourth-order valence-electron chi connectivity index (χ4n) is 2.53. The molecule has 2 heterocycles. The van der Waals surface area contributed by atoms with Gasteiger partial charge in [-0.3, -0.25) is 10.5 Å². The Balaban J connectivity index is 1.95. The van der Waals surface area contributed by atoms with Crippen molar-refractivity contribution in [3.05, 3.63) is 23.8 Å². The molecule has 1 aromatic carbocycles. The topological polar surface area (TPSA) is 80.0 Å². The highest BCUT2D eigenvalue weighted by atomic mass is 16.6. The predicted molar refractivity (Wildman–Crippen MR) is 71.4 cm³/mol. The van der Waals surface area contributed by atoms with Crippen molar-refractivity contribution in [2.75, 3.05) is 6.61 Å². The Morgan fingerprint density at radius 2 is 2.30 bits per heavy atom. The smallest absolute Gasteiger partial charge is 0.491 e. The second-order valence-corrected chi connectivity index (χ2v) is 4.98. The van der Waals surface area contributed by atoms with Crippen LogP contribution in [0.15, 0.2) is 18.2 Å². The van der Waals surface area contributed by atoms with Gasteiger partial charge >= 0.3 is 13.1 Å². The van der Waals surface area contributed by atoms with Crippen molar-refractivity contribution in [2.24, 2.45) is 5.73 Å². The summed E-state index contributed by atoms with van der Waals surface area (Å²) in [6.45, 7) is 3.69. The molecule has 0 amide bonds. The van der Waals surface area contributed by atoms with Crippen molar-refractivity contribution in [2.45, 2.75) is 32.3 Å². The zero-order chi connectivity index (χ0) is 14.3. The van der Waals surface area contributed by atoms with Crippen molar-refractivity contribution in [3.8, 4) is 5.75 Å². The van der Waals surface area contributed by atoms with E-state index in [9.17, 15) is 4.79 Å². The van der Waals surface area contributed by atoms with Gasteiger partial charge in [0.2, 0.25) is 0 Å². The van der Waals surface area contributed by atoms with Gasteiger partial charge in [-0.2, -0.15) is 0 Å². The van der Waals surface area contributed by atoms with Crippen molar-refractivity contribution in [3.63, 3.8) is 0 Å². The Kier molecular flexibility index (Phi) is 3.41. The molecule has 0 saturated carbocycles. The van der Waals surface area contributed by atoms with Gasteiger partial charge in [0.1, 0.15) is 18.5 Å². The summed E-state index contributed by atoms with van der Waals surface area (Å²) in [6.07, 6.45) is -1.51. The van der Waals surface area contributed by atoms with E-state index in [1.54, 1.807) is 0 Å². The van der Waals surface area contributed by atoms with Crippen LogP contribution in [0.1, 0.15) is 25.5 Å². The van der Waals surface area contributed by atoms with Crippen LogP contribution in [0.3, 0.4) is 0 Å². The van der Waals surface area contributed by atoms with Gasteiger partial charge < -0.3 is 18.8 Å². The second kappa shape index (κ2) is 5.08. The average Bonchev–Trinajstić information content (AvgIpc) is 2.66. The molecule has 106 valence electrons. The number of hydrogen-bond donors (Lipinski definition) is 1. The van der Waals surface area contributed by atoms with E-state index in [1.807, 2.05) is 25.1 Å². The third-order valence-electron chi connectivity index (χ3n) is 3.34. The molecule has 0 spiro atoms. The van der Waals surface area contributed by atoms with Crippen LogP contribution in [0.5, 0.6) is 5.75 Å². The number of hydrogen-bond acceptors (Lipinski definition) is 6. The average molecular weight is 277 g/mol. The summed E-state index contributed by atoms with van der Waals surface area (Å²) in [5.74, 6) is 0.286. The minimum absolute atomic E-state index is 0.0936. The van der Waals surface area contributed by atoms with Crippen LogP contribution in [-0.4, -0.2) is 32.0 Å². The van der Waals surface area contributed by atoms with Gasteiger partial charge in [-0.25, -0.2) is 0 Å². The first-order chi connectivity index (χ1) is 9.56. The van der Waals surface area contributed by atoms with Gasteiger partial charge in [0.05, 0.1) is 6.10 Å². The first-order valence-corrected chi connectivity index (χ1v) is 6.55. The van der Waals surface area contributed by atoms with E-state index in [4.69, 9.17) is 24.5 Å². The first-order valence-electron chi connectivity index (χ1n) is 6.55. The number of esters is 1. The SMILES string of the molecule is CC(=O)OC(N)C1OB2OC(C)COc3cccc1c32.